The van der Waals surface area contributed by atoms with Crippen molar-refractivity contribution in [3.05, 3.63) is 34.1 Å². The Hall–Kier alpha value is -0.450. The summed E-state index contributed by atoms with van der Waals surface area (Å²) >= 11 is 3.11. The molecule has 1 N–H and O–H groups in total. The molecule has 0 radical (unpaired) electrons. The van der Waals surface area contributed by atoms with Crippen molar-refractivity contribution in [2.75, 3.05) is 6.61 Å². The molecule has 0 aliphatic heterocycles. The third-order valence-corrected chi connectivity index (χ3v) is 3.22. The molecule has 0 saturated carbocycles. The molecule has 0 aliphatic carbocycles. The van der Waals surface area contributed by atoms with Gasteiger partial charge in [-0.3, -0.25) is 0 Å². The molecule has 17 heavy (non-hydrogen) atoms. The smallest absolute Gasteiger partial charge is 0.143 e. The van der Waals surface area contributed by atoms with E-state index in [1.165, 1.54) is 0 Å². The standard InChI is InChI=1S/C13H18BrFO2/c1-3-6-11(17-4-2)13(16)9-7-5-8-10(14)12(9)15/h5,7-8,11,13,16H,3-4,6H2,1-2H3. The molecule has 2 unspecified atom stereocenters. The number of rotatable bonds is 6. The van der Waals surface area contributed by atoms with Gasteiger partial charge in [0.2, 0.25) is 0 Å². The van der Waals surface area contributed by atoms with Crippen LogP contribution in [0.3, 0.4) is 0 Å². The molecule has 2 nitrogen and oxygen atoms in total. The molecule has 0 heterocycles. The largest absolute Gasteiger partial charge is 0.386 e. The maximum absolute atomic E-state index is 13.8. The number of ether oxygens (including phenoxy) is 1. The average Bonchev–Trinajstić information content (AvgIpc) is 2.31. The predicted molar refractivity (Wildman–Crippen MR) is 69.4 cm³/mol. The van der Waals surface area contributed by atoms with Crippen LogP contribution in [0.2, 0.25) is 0 Å². The lowest BCUT2D eigenvalue weighted by atomic mass is 10.0. The lowest BCUT2D eigenvalue weighted by molar-refractivity contribution is -0.0398. The van der Waals surface area contributed by atoms with Crippen molar-refractivity contribution in [3.8, 4) is 0 Å². The van der Waals surface area contributed by atoms with Gasteiger partial charge in [0.1, 0.15) is 11.9 Å². The first-order valence-corrected chi connectivity index (χ1v) is 6.64. The van der Waals surface area contributed by atoms with Crippen LogP contribution in [0.5, 0.6) is 0 Å². The van der Waals surface area contributed by atoms with Crippen LogP contribution in [-0.2, 0) is 4.74 Å². The summed E-state index contributed by atoms with van der Waals surface area (Å²) in [6, 6.07) is 4.91. The molecule has 96 valence electrons. The van der Waals surface area contributed by atoms with E-state index in [1.807, 2.05) is 13.8 Å². The van der Waals surface area contributed by atoms with Gasteiger partial charge in [-0.2, -0.15) is 0 Å². The van der Waals surface area contributed by atoms with Gasteiger partial charge in [-0.15, -0.1) is 0 Å². The first kappa shape index (κ1) is 14.6. The number of aliphatic hydroxyl groups is 1. The summed E-state index contributed by atoms with van der Waals surface area (Å²) in [4.78, 5) is 0. The number of aliphatic hydroxyl groups excluding tert-OH is 1. The van der Waals surface area contributed by atoms with E-state index in [0.29, 0.717) is 17.5 Å². The maximum atomic E-state index is 13.8. The van der Waals surface area contributed by atoms with Crippen LogP contribution in [0.15, 0.2) is 22.7 Å². The third-order valence-electron chi connectivity index (χ3n) is 2.61. The van der Waals surface area contributed by atoms with Gasteiger partial charge in [0, 0.05) is 12.2 Å². The molecule has 4 heteroatoms. The van der Waals surface area contributed by atoms with Crippen molar-refractivity contribution < 1.29 is 14.2 Å². The fraction of sp³-hybridized carbons (Fsp3) is 0.538. The van der Waals surface area contributed by atoms with Crippen LogP contribution < -0.4 is 0 Å². The molecule has 0 bridgehead atoms. The van der Waals surface area contributed by atoms with Crippen LogP contribution >= 0.6 is 15.9 Å². The SMILES string of the molecule is CCCC(OCC)C(O)c1cccc(Br)c1F. The number of benzene rings is 1. The Bertz CT molecular complexity index is 351. The van der Waals surface area contributed by atoms with Gasteiger partial charge in [-0.1, -0.05) is 25.5 Å². The molecule has 0 fully saturated rings. The molecule has 0 saturated heterocycles. The van der Waals surface area contributed by atoms with Crippen LogP contribution in [-0.4, -0.2) is 17.8 Å². The summed E-state index contributed by atoms with van der Waals surface area (Å²) in [5.41, 5.74) is 0.284. The molecule has 0 amide bonds. The first-order valence-electron chi connectivity index (χ1n) is 5.85. The summed E-state index contributed by atoms with van der Waals surface area (Å²) in [6.07, 6.45) is 0.319. The molecule has 2 atom stereocenters. The third kappa shape index (κ3) is 3.76. The normalized spacial score (nSPS) is 14.6. The van der Waals surface area contributed by atoms with Gasteiger partial charge in [-0.25, -0.2) is 4.39 Å². The molecule has 0 aromatic heterocycles. The zero-order valence-electron chi connectivity index (χ0n) is 10.1. The number of hydrogen-bond donors (Lipinski definition) is 1. The van der Waals surface area contributed by atoms with Gasteiger partial charge in [0.25, 0.3) is 0 Å². The van der Waals surface area contributed by atoms with Gasteiger partial charge in [-0.05, 0) is 35.3 Å². The van der Waals surface area contributed by atoms with E-state index in [0.717, 1.165) is 6.42 Å². The van der Waals surface area contributed by atoms with Gasteiger partial charge in [0.05, 0.1) is 10.6 Å². The van der Waals surface area contributed by atoms with Crippen molar-refractivity contribution in [3.63, 3.8) is 0 Å². The van der Waals surface area contributed by atoms with Crippen molar-refractivity contribution >= 4 is 15.9 Å². The van der Waals surface area contributed by atoms with Crippen LogP contribution in [0.4, 0.5) is 4.39 Å². The highest BCUT2D eigenvalue weighted by atomic mass is 79.9. The Morgan fingerprint density at radius 2 is 2.12 bits per heavy atom. The fourth-order valence-electron chi connectivity index (χ4n) is 1.78. The van der Waals surface area contributed by atoms with E-state index in [2.05, 4.69) is 15.9 Å². The van der Waals surface area contributed by atoms with Crippen molar-refractivity contribution in [2.45, 2.75) is 38.9 Å². The maximum Gasteiger partial charge on any atom is 0.143 e. The lowest BCUT2D eigenvalue weighted by Gasteiger charge is -2.23. The second kappa shape index (κ2) is 7.09. The van der Waals surface area contributed by atoms with Crippen molar-refractivity contribution in [1.82, 2.24) is 0 Å². The Morgan fingerprint density at radius 3 is 2.71 bits per heavy atom. The lowest BCUT2D eigenvalue weighted by Crippen LogP contribution is -2.23. The molecule has 0 spiro atoms. The minimum absolute atomic E-state index is 0.284. The van der Waals surface area contributed by atoms with E-state index in [4.69, 9.17) is 4.74 Å². The van der Waals surface area contributed by atoms with Gasteiger partial charge in [0.15, 0.2) is 0 Å². The molecular weight excluding hydrogens is 287 g/mol. The van der Waals surface area contributed by atoms with Crippen molar-refractivity contribution in [2.24, 2.45) is 0 Å². The molecular formula is C13H18BrFO2. The number of hydrogen-bond acceptors (Lipinski definition) is 2. The van der Waals surface area contributed by atoms with Crippen LogP contribution in [0.1, 0.15) is 38.4 Å². The highest BCUT2D eigenvalue weighted by Crippen LogP contribution is 2.28. The summed E-state index contributed by atoms with van der Waals surface area (Å²) in [6.45, 7) is 4.39. The van der Waals surface area contributed by atoms with E-state index in [-0.39, 0.29) is 11.7 Å². The Kier molecular flexibility index (Phi) is 6.09. The van der Waals surface area contributed by atoms with Gasteiger partial charge < -0.3 is 9.84 Å². The summed E-state index contributed by atoms with van der Waals surface area (Å²) in [5.74, 6) is -0.416. The minimum Gasteiger partial charge on any atom is -0.386 e. The topological polar surface area (TPSA) is 29.5 Å². The fourth-order valence-corrected chi connectivity index (χ4v) is 2.16. The summed E-state index contributed by atoms with van der Waals surface area (Å²) in [7, 11) is 0. The quantitative estimate of drug-likeness (QED) is 0.865. The molecule has 1 aromatic carbocycles. The summed E-state index contributed by atoms with van der Waals surface area (Å²) in [5, 5.41) is 10.2. The van der Waals surface area contributed by atoms with Gasteiger partial charge >= 0.3 is 0 Å². The second-order valence-corrected chi connectivity index (χ2v) is 4.72. The van der Waals surface area contributed by atoms with Crippen LogP contribution in [0, 0.1) is 5.82 Å². The number of halogens is 2. The minimum atomic E-state index is -0.924. The van der Waals surface area contributed by atoms with E-state index in [1.54, 1.807) is 18.2 Å². The van der Waals surface area contributed by atoms with Crippen LogP contribution in [0.25, 0.3) is 0 Å². The van der Waals surface area contributed by atoms with E-state index >= 15 is 0 Å². The highest BCUT2D eigenvalue weighted by molar-refractivity contribution is 9.10. The zero-order valence-corrected chi connectivity index (χ0v) is 11.7. The first-order chi connectivity index (χ1) is 8.11. The van der Waals surface area contributed by atoms with Crippen molar-refractivity contribution in [1.29, 1.82) is 0 Å². The Labute approximate surface area is 110 Å². The predicted octanol–water partition coefficient (Wildman–Crippen LogP) is 3.83. The van der Waals surface area contributed by atoms with E-state index in [9.17, 15) is 9.50 Å². The summed E-state index contributed by atoms with van der Waals surface area (Å²) < 4.78 is 19.7. The average molecular weight is 305 g/mol. The monoisotopic (exact) mass is 304 g/mol. The van der Waals surface area contributed by atoms with E-state index < -0.39 is 11.9 Å². The molecule has 0 aliphatic rings. The Balaban J connectivity index is 2.92. The molecule has 1 aromatic rings. The second-order valence-electron chi connectivity index (χ2n) is 3.87. The Morgan fingerprint density at radius 1 is 1.41 bits per heavy atom. The molecule has 1 rings (SSSR count). The highest BCUT2D eigenvalue weighted by Gasteiger charge is 2.24. The zero-order chi connectivity index (χ0) is 12.8.